The minimum absolute atomic E-state index is 0.215. The second kappa shape index (κ2) is 3.60. The van der Waals surface area contributed by atoms with E-state index in [-0.39, 0.29) is 6.04 Å². The van der Waals surface area contributed by atoms with Crippen LogP contribution in [-0.4, -0.2) is 12.8 Å². The van der Waals surface area contributed by atoms with Gasteiger partial charge >= 0.3 is 0 Å². The molecule has 0 bridgehead atoms. The molecule has 2 nitrogen and oxygen atoms in total. The lowest BCUT2D eigenvalue weighted by Crippen LogP contribution is -2.22. The molecule has 0 saturated carbocycles. The van der Waals surface area contributed by atoms with Gasteiger partial charge in [0.05, 0.1) is 0 Å². The SMILES string of the molecule is CSc1ccc2c(c1)NCC[C@@H]2N. The number of hydrogen-bond donors (Lipinski definition) is 2. The third-order valence-corrected chi connectivity index (χ3v) is 3.16. The van der Waals surface area contributed by atoms with Crippen LogP contribution >= 0.6 is 11.8 Å². The minimum atomic E-state index is 0.215. The monoisotopic (exact) mass is 194 g/mol. The summed E-state index contributed by atoms with van der Waals surface area (Å²) in [6.45, 7) is 0.992. The van der Waals surface area contributed by atoms with Gasteiger partial charge in [0.2, 0.25) is 0 Å². The molecular formula is C10H14N2S. The quantitative estimate of drug-likeness (QED) is 0.673. The fraction of sp³-hybridized carbons (Fsp3) is 0.400. The smallest absolute Gasteiger partial charge is 0.0399 e. The summed E-state index contributed by atoms with van der Waals surface area (Å²) in [5, 5.41) is 3.37. The Morgan fingerprint density at radius 2 is 2.38 bits per heavy atom. The van der Waals surface area contributed by atoms with Crippen molar-refractivity contribution in [2.24, 2.45) is 5.73 Å². The van der Waals surface area contributed by atoms with E-state index in [1.807, 2.05) is 0 Å². The lowest BCUT2D eigenvalue weighted by atomic mass is 9.99. The molecule has 13 heavy (non-hydrogen) atoms. The van der Waals surface area contributed by atoms with Gasteiger partial charge in [0.15, 0.2) is 0 Å². The van der Waals surface area contributed by atoms with Crippen molar-refractivity contribution in [3.8, 4) is 0 Å². The van der Waals surface area contributed by atoms with Crippen molar-refractivity contribution in [3.63, 3.8) is 0 Å². The molecule has 1 aliphatic heterocycles. The average Bonchev–Trinajstić information content (AvgIpc) is 2.18. The first-order valence-corrected chi connectivity index (χ1v) is 5.71. The van der Waals surface area contributed by atoms with Gasteiger partial charge in [-0.1, -0.05) is 6.07 Å². The van der Waals surface area contributed by atoms with E-state index < -0.39 is 0 Å². The van der Waals surface area contributed by atoms with E-state index in [1.165, 1.54) is 16.1 Å². The zero-order valence-corrected chi connectivity index (χ0v) is 8.53. The molecule has 1 aliphatic rings. The fourth-order valence-electron chi connectivity index (χ4n) is 1.66. The van der Waals surface area contributed by atoms with Gasteiger partial charge in [0.1, 0.15) is 0 Å². The highest BCUT2D eigenvalue weighted by Crippen LogP contribution is 2.31. The number of hydrogen-bond acceptors (Lipinski definition) is 3. The van der Waals surface area contributed by atoms with Gasteiger partial charge in [0, 0.05) is 23.2 Å². The van der Waals surface area contributed by atoms with E-state index in [4.69, 9.17) is 5.73 Å². The molecule has 70 valence electrons. The van der Waals surface area contributed by atoms with Crippen LogP contribution in [0.25, 0.3) is 0 Å². The average molecular weight is 194 g/mol. The summed E-state index contributed by atoms with van der Waals surface area (Å²) in [6, 6.07) is 6.67. The summed E-state index contributed by atoms with van der Waals surface area (Å²) in [4.78, 5) is 1.29. The minimum Gasteiger partial charge on any atom is -0.385 e. The Balaban J connectivity index is 2.39. The molecule has 0 unspecified atom stereocenters. The van der Waals surface area contributed by atoms with Crippen molar-refractivity contribution in [3.05, 3.63) is 23.8 Å². The van der Waals surface area contributed by atoms with Crippen molar-refractivity contribution >= 4 is 17.4 Å². The Morgan fingerprint density at radius 1 is 1.54 bits per heavy atom. The zero-order valence-electron chi connectivity index (χ0n) is 7.71. The van der Waals surface area contributed by atoms with E-state index in [2.05, 4.69) is 29.8 Å². The van der Waals surface area contributed by atoms with E-state index in [9.17, 15) is 0 Å². The molecular weight excluding hydrogens is 180 g/mol. The first-order chi connectivity index (χ1) is 6.31. The zero-order chi connectivity index (χ0) is 9.26. The van der Waals surface area contributed by atoms with Crippen LogP contribution in [0.3, 0.4) is 0 Å². The Morgan fingerprint density at radius 3 is 3.15 bits per heavy atom. The topological polar surface area (TPSA) is 38.0 Å². The first kappa shape index (κ1) is 8.91. The number of nitrogens with one attached hydrogen (secondary N) is 1. The Hall–Kier alpha value is -0.670. The number of thioether (sulfide) groups is 1. The maximum atomic E-state index is 5.99. The van der Waals surface area contributed by atoms with Gasteiger partial charge in [-0.15, -0.1) is 11.8 Å². The van der Waals surface area contributed by atoms with Crippen LogP contribution in [0.4, 0.5) is 5.69 Å². The van der Waals surface area contributed by atoms with Gasteiger partial charge in [-0.05, 0) is 30.4 Å². The normalized spacial score (nSPS) is 20.6. The molecule has 0 aromatic heterocycles. The van der Waals surface area contributed by atoms with E-state index in [1.54, 1.807) is 11.8 Å². The van der Waals surface area contributed by atoms with Crippen molar-refractivity contribution in [1.29, 1.82) is 0 Å². The summed E-state index contributed by atoms with van der Waals surface area (Å²) in [7, 11) is 0. The predicted molar refractivity (Wildman–Crippen MR) is 58.3 cm³/mol. The molecule has 3 heteroatoms. The molecule has 0 saturated heterocycles. The summed E-state index contributed by atoms with van der Waals surface area (Å²) in [5.74, 6) is 0. The van der Waals surface area contributed by atoms with Gasteiger partial charge < -0.3 is 11.1 Å². The number of nitrogens with two attached hydrogens (primary N) is 1. The van der Waals surface area contributed by atoms with Crippen molar-refractivity contribution in [1.82, 2.24) is 0 Å². The molecule has 1 aromatic rings. The maximum absolute atomic E-state index is 5.99. The molecule has 3 N–H and O–H groups in total. The third kappa shape index (κ3) is 1.67. The largest absolute Gasteiger partial charge is 0.385 e. The van der Waals surface area contributed by atoms with Crippen molar-refractivity contribution < 1.29 is 0 Å². The van der Waals surface area contributed by atoms with Crippen LogP contribution in [0.5, 0.6) is 0 Å². The first-order valence-electron chi connectivity index (χ1n) is 4.48. The van der Waals surface area contributed by atoms with Crippen LogP contribution in [0, 0.1) is 0 Å². The molecule has 2 rings (SSSR count). The van der Waals surface area contributed by atoms with Crippen molar-refractivity contribution in [2.45, 2.75) is 17.4 Å². The van der Waals surface area contributed by atoms with E-state index in [0.29, 0.717) is 0 Å². The standard InChI is InChI=1S/C10H14N2S/c1-13-7-2-3-8-9(11)4-5-12-10(8)6-7/h2-3,6,9,12H,4-5,11H2,1H3/t9-/m0/s1. The van der Waals surface area contributed by atoms with Crippen LogP contribution in [0.1, 0.15) is 18.0 Å². The molecule has 0 spiro atoms. The molecule has 1 heterocycles. The second-order valence-electron chi connectivity index (χ2n) is 3.28. The fourth-order valence-corrected chi connectivity index (χ4v) is 2.10. The number of benzene rings is 1. The van der Waals surface area contributed by atoms with Crippen molar-refractivity contribution in [2.75, 3.05) is 18.1 Å². The van der Waals surface area contributed by atoms with Gasteiger partial charge in [-0.25, -0.2) is 0 Å². The highest BCUT2D eigenvalue weighted by molar-refractivity contribution is 7.98. The summed E-state index contributed by atoms with van der Waals surface area (Å²) in [5.41, 5.74) is 8.46. The van der Waals surface area contributed by atoms with Crippen LogP contribution in [-0.2, 0) is 0 Å². The Bertz CT molecular complexity index is 312. The molecule has 0 radical (unpaired) electrons. The van der Waals surface area contributed by atoms with E-state index in [0.717, 1.165) is 13.0 Å². The summed E-state index contributed by atoms with van der Waals surface area (Å²) >= 11 is 1.76. The molecule has 0 fully saturated rings. The van der Waals surface area contributed by atoms with Crippen LogP contribution in [0.15, 0.2) is 23.1 Å². The molecule has 0 aliphatic carbocycles. The third-order valence-electron chi connectivity index (χ3n) is 2.43. The Kier molecular flexibility index (Phi) is 2.47. The number of fused-ring (bicyclic) bond motifs is 1. The highest BCUT2D eigenvalue weighted by Gasteiger charge is 2.15. The number of anilines is 1. The maximum Gasteiger partial charge on any atom is 0.0399 e. The van der Waals surface area contributed by atoms with Crippen LogP contribution < -0.4 is 11.1 Å². The van der Waals surface area contributed by atoms with Gasteiger partial charge in [0.25, 0.3) is 0 Å². The molecule has 0 amide bonds. The number of rotatable bonds is 1. The van der Waals surface area contributed by atoms with Crippen LogP contribution in [0.2, 0.25) is 0 Å². The van der Waals surface area contributed by atoms with Gasteiger partial charge in [-0.3, -0.25) is 0 Å². The highest BCUT2D eigenvalue weighted by atomic mass is 32.2. The molecule has 1 aromatic carbocycles. The molecule has 1 atom stereocenters. The second-order valence-corrected chi connectivity index (χ2v) is 4.15. The lowest BCUT2D eigenvalue weighted by Gasteiger charge is -2.24. The summed E-state index contributed by atoms with van der Waals surface area (Å²) in [6.07, 6.45) is 3.12. The lowest BCUT2D eigenvalue weighted by molar-refractivity contribution is 0.654. The van der Waals surface area contributed by atoms with E-state index >= 15 is 0 Å². The summed E-state index contributed by atoms with van der Waals surface area (Å²) < 4.78 is 0. The Labute approximate surface area is 82.9 Å². The predicted octanol–water partition coefficient (Wildman–Crippen LogP) is 2.22. The van der Waals surface area contributed by atoms with Gasteiger partial charge in [-0.2, -0.15) is 0 Å².